The van der Waals surface area contributed by atoms with Crippen LogP contribution in [0.2, 0.25) is 0 Å². The number of rotatable bonds is 7. The summed E-state index contributed by atoms with van der Waals surface area (Å²) in [6.07, 6.45) is 3.01. The van der Waals surface area contributed by atoms with E-state index < -0.39 is 6.04 Å². The Morgan fingerprint density at radius 2 is 1.91 bits per heavy atom. The number of aromatic nitrogens is 2. The van der Waals surface area contributed by atoms with E-state index in [1.54, 1.807) is 17.0 Å². The quantitative estimate of drug-likeness (QED) is 0.472. The largest absolute Gasteiger partial charge is 0.334 e. The highest BCUT2D eigenvalue weighted by molar-refractivity contribution is 5.86. The van der Waals surface area contributed by atoms with Crippen LogP contribution in [0, 0.1) is 12.7 Å². The van der Waals surface area contributed by atoms with Crippen LogP contribution in [0.1, 0.15) is 56.2 Å². The Balaban J connectivity index is 1.77. The van der Waals surface area contributed by atoms with Gasteiger partial charge in [0, 0.05) is 17.8 Å². The molecule has 1 unspecified atom stereocenters. The Morgan fingerprint density at radius 3 is 2.62 bits per heavy atom. The lowest BCUT2D eigenvalue weighted by molar-refractivity contribution is 0.204. The fourth-order valence-corrected chi connectivity index (χ4v) is 3.93. The monoisotopic (exact) mass is 434 g/mol. The molecule has 0 fully saturated rings. The first-order valence-electron chi connectivity index (χ1n) is 10.9. The Bertz CT molecular complexity index is 1140. The van der Waals surface area contributed by atoms with E-state index in [1.165, 1.54) is 12.1 Å². The molecule has 6 nitrogen and oxygen atoms in total. The van der Waals surface area contributed by atoms with Gasteiger partial charge in [-0.1, -0.05) is 66.9 Å². The van der Waals surface area contributed by atoms with Crippen molar-refractivity contribution >= 4 is 11.6 Å². The maximum absolute atomic E-state index is 13.7. The van der Waals surface area contributed by atoms with Gasteiger partial charge < -0.3 is 9.84 Å². The van der Waals surface area contributed by atoms with Gasteiger partial charge in [-0.2, -0.15) is 4.98 Å². The van der Waals surface area contributed by atoms with Crippen LogP contribution in [0.4, 0.5) is 9.18 Å². The Labute approximate surface area is 187 Å². The van der Waals surface area contributed by atoms with Crippen molar-refractivity contribution in [1.29, 1.82) is 0 Å². The summed E-state index contributed by atoms with van der Waals surface area (Å²) in [4.78, 5) is 19.3. The molecule has 1 aromatic heterocycles. The van der Waals surface area contributed by atoms with E-state index >= 15 is 0 Å². The van der Waals surface area contributed by atoms with E-state index in [0.717, 1.165) is 41.7 Å². The molecule has 2 aromatic carbocycles. The van der Waals surface area contributed by atoms with Crippen molar-refractivity contribution in [1.82, 2.24) is 20.4 Å². The average molecular weight is 435 g/mol. The summed E-state index contributed by atoms with van der Waals surface area (Å²) in [5.74, 6) is 0.249. The summed E-state index contributed by atoms with van der Waals surface area (Å²) in [6.45, 7) is 6.67. The number of unbranched alkanes of at least 4 members (excludes halogenated alkanes) is 2. The van der Waals surface area contributed by atoms with Crippen LogP contribution in [0.15, 0.2) is 58.8 Å². The lowest BCUT2D eigenvalue weighted by Crippen LogP contribution is -2.46. The highest BCUT2D eigenvalue weighted by atomic mass is 19.1. The normalized spacial score (nSPS) is 16.4. The fourth-order valence-electron chi connectivity index (χ4n) is 3.93. The number of carbonyl (C=O) groups is 1. The standard InChI is InChI=1S/C25H27FN4O2/c1-4-5-6-14-30-17(3)21(22(27-25(30)31)18-12-10-16(2)11-13-18)24-28-23(29-32-24)19-8-7-9-20(26)15-19/h7-13,15,22H,4-6,14H2,1-3H3,(H,27,31). The van der Waals surface area contributed by atoms with Crippen molar-refractivity contribution in [3.8, 4) is 11.4 Å². The van der Waals surface area contributed by atoms with Gasteiger partial charge in [0.15, 0.2) is 0 Å². The second-order valence-corrected chi connectivity index (χ2v) is 8.08. The van der Waals surface area contributed by atoms with Crippen molar-refractivity contribution in [2.24, 2.45) is 0 Å². The first-order valence-corrected chi connectivity index (χ1v) is 10.9. The molecule has 32 heavy (non-hydrogen) atoms. The number of benzene rings is 2. The molecule has 0 saturated carbocycles. The molecular formula is C25H27FN4O2. The van der Waals surface area contributed by atoms with Gasteiger partial charge in [-0.3, -0.25) is 4.90 Å². The summed E-state index contributed by atoms with van der Waals surface area (Å²) in [6, 6.07) is 13.5. The van der Waals surface area contributed by atoms with Crippen molar-refractivity contribution in [3.05, 3.63) is 77.1 Å². The maximum Gasteiger partial charge on any atom is 0.322 e. The van der Waals surface area contributed by atoms with Crippen molar-refractivity contribution in [2.75, 3.05) is 6.54 Å². The number of aryl methyl sites for hydroxylation is 1. The molecule has 1 atom stereocenters. The molecule has 0 bridgehead atoms. The highest BCUT2D eigenvalue weighted by Gasteiger charge is 2.35. The molecule has 0 radical (unpaired) electrons. The van der Waals surface area contributed by atoms with E-state index in [0.29, 0.717) is 23.8 Å². The van der Waals surface area contributed by atoms with Crippen LogP contribution in [0.5, 0.6) is 0 Å². The van der Waals surface area contributed by atoms with Gasteiger partial charge in [0.2, 0.25) is 5.82 Å². The van der Waals surface area contributed by atoms with Gasteiger partial charge >= 0.3 is 6.03 Å². The first-order chi connectivity index (χ1) is 15.5. The lowest BCUT2D eigenvalue weighted by atomic mass is 9.94. The van der Waals surface area contributed by atoms with Crippen LogP contribution < -0.4 is 5.32 Å². The van der Waals surface area contributed by atoms with Gasteiger partial charge in [0.05, 0.1) is 11.6 Å². The molecule has 0 spiro atoms. The minimum absolute atomic E-state index is 0.141. The molecule has 2 heterocycles. The fraction of sp³-hybridized carbons (Fsp3) is 0.320. The molecule has 166 valence electrons. The predicted molar refractivity (Wildman–Crippen MR) is 121 cm³/mol. The molecule has 4 rings (SSSR count). The Morgan fingerprint density at radius 1 is 1.12 bits per heavy atom. The van der Waals surface area contributed by atoms with E-state index in [9.17, 15) is 9.18 Å². The number of hydrogen-bond acceptors (Lipinski definition) is 4. The maximum atomic E-state index is 13.7. The minimum atomic E-state index is -0.425. The number of allylic oxidation sites excluding steroid dienone is 1. The van der Waals surface area contributed by atoms with Crippen molar-refractivity contribution in [2.45, 2.75) is 46.1 Å². The predicted octanol–water partition coefficient (Wildman–Crippen LogP) is 5.87. The van der Waals surface area contributed by atoms with Crippen LogP contribution >= 0.6 is 0 Å². The van der Waals surface area contributed by atoms with Crippen molar-refractivity contribution in [3.63, 3.8) is 0 Å². The third kappa shape index (κ3) is 4.42. The Kier molecular flexibility index (Phi) is 6.35. The minimum Gasteiger partial charge on any atom is -0.334 e. The van der Waals surface area contributed by atoms with Gasteiger partial charge in [-0.05, 0) is 38.0 Å². The number of nitrogens with zero attached hydrogens (tertiary/aromatic N) is 3. The molecule has 2 amide bonds. The number of hydrogen-bond donors (Lipinski definition) is 1. The van der Waals surface area contributed by atoms with Crippen LogP contribution in [0.25, 0.3) is 17.0 Å². The van der Waals surface area contributed by atoms with Crippen LogP contribution in [-0.2, 0) is 0 Å². The van der Waals surface area contributed by atoms with Gasteiger partial charge in [0.1, 0.15) is 5.82 Å². The lowest BCUT2D eigenvalue weighted by Gasteiger charge is -2.35. The van der Waals surface area contributed by atoms with Gasteiger partial charge in [-0.15, -0.1) is 0 Å². The number of carbonyl (C=O) groups excluding carboxylic acids is 1. The number of urea groups is 1. The zero-order valence-electron chi connectivity index (χ0n) is 18.6. The van der Waals surface area contributed by atoms with E-state index in [1.807, 2.05) is 38.1 Å². The molecule has 3 aromatic rings. The van der Waals surface area contributed by atoms with Crippen molar-refractivity contribution < 1.29 is 13.7 Å². The molecule has 0 aliphatic carbocycles. The SMILES string of the molecule is CCCCCN1C(=O)NC(c2ccc(C)cc2)C(c2nc(-c3cccc(F)c3)no2)=C1C. The molecule has 7 heteroatoms. The molecular weight excluding hydrogens is 407 g/mol. The number of amides is 2. The number of nitrogens with one attached hydrogen (secondary N) is 1. The zero-order valence-corrected chi connectivity index (χ0v) is 18.6. The zero-order chi connectivity index (χ0) is 22.7. The number of halogens is 1. The topological polar surface area (TPSA) is 71.3 Å². The summed E-state index contributed by atoms with van der Waals surface area (Å²) in [5.41, 5.74) is 4.12. The summed E-state index contributed by atoms with van der Waals surface area (Å²) < 4.78 is 19.3. The summed E-state index contributed by atoms with van der Waals surface area (Å²) >= 11 is 0. The highest BCUT2D eigenvalue weighted by Crippen LogP contribution is 2.37. The van der Waals surface area contributed by atoms with E-state index in [2.05, 4.69) is 22.4 Å². The van der Waals surface area contributed by atoms with E-state index in [-0.39, 0.29) is 11.8 Å². The molecule has 1 aliphatic rings. The average Bonchev–Trinajstić information content (AvgIpc) is 3.26. The van der Waals surface area contributed by atoms with Gasteiger partial charge in [0.25, 0.3) is 5.89 Å². The Hall–Kier alpha value is -3.48. The second-order valence-electron chi connectivity index (χ2n) is 8.08. The second kappa shape index (κ2) is 9.34. The smallest absolute Gasteiger partial charge is 0.322 e. The van der Waals surface area contributed by atoms with Gasteiger partial charge in [-0.25, -0.2) is 9.18 Å². The first kappa shape index (κ1) is 21.7. The third-order valence-corrected chi connectivity index (χ3v) is 5.73. The molecule has 0 saturated heterocycles. The third-order valence-electron chi connectivity index (χ3n) is 5.73. The summed E-state index contributed by atoms with van der Waals surface area (Å²) in [7, 11) is 0. The van der Waals surface area contributed by atoms with Crippen LogP contribution in [0.3, 0.4) is 0 Å². The van der Waals surface area contributed by atoms with E-state index in [4.69, 9.17) is 4.52 Å². The van der Waals surface area contributed by atoms with Crippen LogP contribution in [-0.4, -0.2) is 27.6 Å². The molecule has 1 aliphatic heterocycles. The summed E-state index contributed by atoms with van der Waals surface area (Å²) in [5, 5.41) is 7.19. The molecule has 1 N–H and O–H groups in total.